The van der Waals surface area contributed by atoms with Crippen LogP contribution >= 0.6 is 0 Å². The number of morpholine rings is 1. The molecule has 1 aliphatic heterocycles. The van der Waals surface area contributed by atoms with Crippen LogP contribution in [0.3, 0.4) is 0 Å². The number of ether oxygens (including phenoxy) is 1. The summed E-state index contributed by atoms with van der Waals surface area (Å²) in [5, 5.41) is 0. The van der Waals surface area contributed by atoms with Crippen molar-refractivity contribution in [2.75, 3.05) is 36.1 Å². The van der Waals surface area contributed by atoms with Crippen LogP contribution in [0.2, 0.25) is 0 Å². The minimum absolute atomic E-state index is 0.0567. The molecule has 0 unspecified atom stereocenters. The fraction of sp³-hybridized carbons (Fsp3) is 0.467. The van der Waals surface area contributed by atoms with Gasteiger partial charge in [-0.25, -0.2) is 19.3 Å². The Morgan fingerprint density at radius 2 is 1.88 bits per heavy atom. The van der Waals surface area contributed by atoms with Crippen molar-refractivity contribution in [1.82, 2.24) is 19.9 Å². The van der Waals surface area contributed by atoms with Gasteiger partial charge in [0, 0.05) is 24.5 Å². The monoisotopic (exact) mass is 335 g/mol. The minimum Gasteiger partial charge on any atom is -0.381 e. The fourth-order valence-electron chi connectivity index (χ4n) is 2.26. The molecule has 2 aromatic rings. The van der Waals surface area contributed by atoms with Crippen molar-refractivity contribution in [3.8, 4) is 11.3 Å². The SMILES string of the molecule is CC.C[C@H]1COCCN1c1nc(N)c(F)c(-c2cnc(N)nc2)n1. The van der Waals surface area contributed by atoms with E-state index in [1.54, 1.807) is 0 Å². The predicted octanol–water partition coefficient (Wildman–Crippen LogP) is 1.49. The first kappa shape index (κ1) is 17.8. The van der Waals surface area contributed by atoms with Crippen LogP contribution in [0.1, 0.15) is 20.8 Å². The molecule has 24 heavy (non-hydrogen) atoms. The molecule has 0 bridgehead atoms. The molecule has 1 aliphatic rings. The molecular weight excluding hydrogens is 313 g/mol. The van der Waals surface area contributed by atoms with Gasteiger partial charge in [-0.2, -0.15) is 4.98 Å². The van der Waals surface area contributed by atoms with Crippen LogP contribution in [0.4, 0.5) is 22.1 Å². The Balaban J connectivity index is 0.00000100. The van der Waals surface area contributed by atoms with Gasteiger partial charge in [-0.05, 0) is 6.92 Å². The van der Waals surface area contributed by atoms with Crippen molar-refractivity contribution >= 4 is 17.7 Å². The Bertz CT molecular complexity index is 680. The Morgan fingerprint density at radius 3 is 2.50 bits per heavy atom. The summed E-state index contributed by atoms with van der Waals surface area (Å²) in [6, 6.07) is 0.0779. The molecule has 0 saturated carbocycles. The normalized spacial score (nSPS) is 17.2. The molecule has 0 spiro atoms. The van der Waals surface area contributed by atoms with Gasteiger partial charge < -0.3 is 21.1 Å². The Labute approximate surface area is 140 Å². The lowest BCUT2D eigenvalue weighted by Crippen LogP contribution is -2.44. The molecule has 0 aromatic carbocycles. The van der Waals surface area contributed by atoms with E-state index in [0.29, 0.717) is 31.3 Å². The molecule has 130 valence electrons. The molecule has 8 nitrogen and oxygen atoms in total. The Kier molecular flexibility index (Phi) is 5.80. The molecule has 9 heteroatoms. The summed E-state index contributed by atoms with van der Waals surface area (Å²) >= 11 is 0. The molecule has 0 amide bonds. The van der Waals surface area contributed by atoms with Gasteiger partial charge in [0.15, 0.2) is 11.6 Å². The summed E-state index contributed by atoms with van der Waals surface area (Å²) in [5.74, 6) is -0.441. The van der Waals surface area contributed by atoms with E-state index in [2.05, 4.69) is 19.9 Å². The number of nitrogens with two attached hydrogens (primary N) is 2. The zero-order valence-corrected chi connectivity index (χ0v) is 14.0. The van der Waals surface area contributed by atoms with E-state index in [-0.39, 0.29) is 23.5 Å². The number of hydrogen-bond acceptors (Lipinski definition) is 8. The van der Waals surface area contributed by atoms with Crippen LogP contribution in [0.25, 0.3) is 11.3 Å². The molecule has 3 heterocycles. The van der Waals surface area contributed by atoms with Crippen molar-refractivity contribution in [3.63, 3.8) is 0 Å². The van der Waals surface area contributed by atoms with E-state index in [1.807, 2.05) is 25.7 Å². The number of halogens is 1. The van der Waals surface area contributed by atoms with E-state index in [1.165, 1.54) is 12.4 Å². The van der Waals surface area contributed by atoms with Gasteiger partial charge in [-0.15, -0.1) is 0 Å². The third kappa shape index (κ3) is 3.67. The van der Waals surface area contributed by atoms with Gasteiger partial charge in [0.2, 0.25) is 11.9 Å². The zero-order chi connectivity index (χ0) is 17.7. The van der Waals surface area contributed by atoms with Gasteiger partial charge in [0.1, 0.15) is 5.69 Å². The van der Waals surface area contributed by atoms with Gasteiger partial charge in [0.25, 0.3) is 0 Å². The third-order valence-electron chi connectivity index (χ3n) is 3.43. The molecule has 3 rings (SSSR count). The van der Waals surface area contributed by atoms with E-state index < -0.39 is 5.82 Å². The summed E-state index contributed by atoms with van der Waals surface area (Å²) in [4.78, 5) is 18.0. The lowest BCUT2D eigenvalue weighted by Gasteiger charge is -2.33. The summed E-state index contributed by atoms with van der Waals surface area (Å²) in [5.41, 5.74) is 11.6. The second-order valence-corrected chi connectivity index (χ2v) is 5.02. The highest BCUT2D eigenvalue weighted by molar-refractivity contribution is 5.64. The second-order valence-electron chi connectivity index (χ2n) is 5.02. The summed E-state index contributed by atoms with van der Waals surface area (Å²) < 4.78 is 19.6. The van der Waals surface area contributed by atoms with Crippen molar-refractivity contribution in [2.45, 2.75) is 26.8 Å². The molecule has 1 saturated heterocycles. The Morgan fingerprint density at radius 1 is 1.21 bits per heavy atom. The maximum absolute atomic E-state index is 14.3. The average Bonchev–Trinajstić information content (AvgIpc) is 2.60. The van der Waals surface area contributed by atoms with Crippen molar-refractivity contribution < 1.29 is 9.13 Å². The highest BCUT2D eigenvalue weighted by Crippen LogP contribution is 2.26. The van der Waals surface area contributed by atoms with E-state index in [0.717, 1.165) is 0 Å². The van der Waals surface area contributed by atoms with Crippen LogP contribution < -0.4 is 16.4 Å². The summed E-state index contributed by atoms with van der Waals surface area (Å²) in [6.45, 7) is 7.71. The number of nitrogen functional groups attached to an aromatic ring is 2. The average molecular weight is 335 g/mol. The number of nitrogens with zero attached hydrogens (tertiary/aromatic N) is 5. The molecule has 0 radical (unpaired) electrons. The maximum Gasteiger partial charge on any atom is 0.228 e. The lowest BCUT2D eigenvalue weighted by molar-refractivity contribution is 0.0981. The highest BCUT2D eigenvalue weighted by atomic mass is 19.1. The number of hydrogen-bond donors (Lipinski definition) is 2. The van der Waals surface area contributed by atoms with E-state index in [9.17, 15) is 4.39 Å². The standard InChI is InChI=1S/C13H16FN7O.C2H6/c1-7-6-22-3-2-21(7)13-19-10(9(14)11(15)20-13)8-4-17-12(16)18-5-8;1-2/h4-5,7H,2-3,6H2,1H3,(H2,15,19,20)(H2,16,17,18);1-2H3/t7-;/m0./s1. The van der Waals surface area contributed by atoms with E-state index >= 15 is 0 Å². The first-order chi connectivity index (χ1) is 11.6. The van der Waals surface area contributed by atoms with Gasteiger partial charge in [0.05, 0.1) is 19.3 Å². The van der Waals surface area contributed by atoms with Gasteiger partial charge in [-0.1, -0.05) is 13.8 Å². The molecule has 0 aliphatic carbocycles. The lowest BCUT2D eigenvalue weighted by atomic mass is 10.2. The van der Waals surface area contributed by atoms with Crippen molar-refractivity contribution in [2.24, 2.45) is 0 Å². The quantitative estimate of drug-likeness (QED) is 0.848. The first-order valence-corrected chi connectivity index (χ1v) is 7.81. The van der Waals surface area contributed by atoms with Crippen LogP contribution in [0.15, 0.2) is 12.4 Å². The zero-order valence-electron chi connectivity index (χ0n) is 14.0. The topological polar surface area (TPSA) is 116 Å². The van der Waals surface area contributed by atoms with Crippen LogP contribution in [-0.4, -0.2) is 45.7 Å². The van der Waals surface area contributed by atoms with Crippen LogP contribution in [-0.2, 0) is 4.74 Å². The minimum atomic E-state index is -0.696. The van der Waals surface area contributed by atoms with Crippen LogP contribution in [0, 0.1) is 5.82 Å². The molecule has 1 fully saturated rings. The predicted molar refractivity (Wildman–Crippen MR) is 90.8 cm³/mol. The summed E-state index contributed by atoms with van der Waals surface area (Å²) in [7, 11) is 0. The molecule has 2 aromatic heterocycles. The van der Waals surface area contributed by atoms with Crippen LogP contribution in [0.5, 0.6) is 0 Å². The molecular formula is C15H22FN7O. The fourth-order valence-corrected chi connectivity index (χ4v) is 2.26. The van der Waals surface area contributed by atoms with Crippen molar-refractivity contribution in [3.05, 3.63) is 18.2 Å². The Hall–Kier alpha value is -2.55. The number of aromatic nitrogens is 4. The van der Waals surface area contributed by atoms with E-state index in [4.69, 9.17) is 16.2 Å². The third-order valence-corrected chi connectivity index (χ3v) is 3.43. The largest absolute Gasteiger partial charge is 0.381 e. The van der Waals surface area contributed by atoms with Gasteiger partial charge >= 0.3 is 0 Å². The molecule has 4 N–H and O–H groups in total. The number of rotatable bonds is 2. The van der Waals surface area contributed by atoms with Gasteiger partial charge in [-0.3, -0.25) is 0 Å². The highest BCUT2D eigenvalue weighted by Gasteiger charge is 2.24. The molecule has 1 atom stereocenters. The van der Waals surface area contributed by atoms with Crippen molar-refractivity contribution in [1.29, 1.82) is 0 Å². The summed E-state index contributed by atoms with van der Waals surface area (Å²) in [6.07, 6.45) is 2.80. The first-order valence-electron chi connectivity index (χ1n) is 7.81. The number of anilines is 3. The smallest absolute Gasteiger partial charge is 0.228 e. The second kappa shape index (κ2) is 7.82. The maximum atomic E-state index is 14.3.